The van der Waals surface area contributed by atoms with Gasteiger partial charge in [-0.3, -0.25) is 10.1 Å². The van der Waals surface area contributed by atoms with Gasteiger partial charge in [0, 0.05) is 25.4 Å². The zero-order chi connectivity index (χ0) is 13.0. The fourth-order valence-electron chi connectivity index (χ4n) is 2.41. The maximum Gasteiger partial charge on any atom is 0.311 e. The number of pyridine rings is 1. The topological polar surface area (TPSA) is 71.3 Å². The summed E-state index contributed by atoms with van der Waals surface area (Å²) in [6.45, 7) is 2.69. The average molecular weight is 250 g/mol. The van der Waals surface area contributed by atoms with E-state index in [0.717, 1.165) is 32.5 Å². The van der Waals surface area contributed by atoms with Gasteiger partial charge in [0.2, 0.25) is 5.82 Å². The van der Waals surface area contributed by atoms with Crippen LogP contribution in [0.4, 0.5) is 11.5 Å². The van der Waals surface area contributed by atoms with Crippen LogP contribution in [0.15, 0.2) is 18.3 Å². The lowest BCUT2D eigenvalue weighted by Gasteiger charge is -2.32. The maximum absolute atomic E-state index is 11.0. The molecular formula is C12H18N4O2. The van der Waals surface area contributed by atoms with Crippen LogP contribution in [0.5, 0.6) is 0 Å². The zero-order valence-electron chi connectivity index (χ0n) is 10.5. The predicted octanol–water partition coefficient (Wildman–Crippen LogP) is 1.43. The van der Waals surface area contributed by atoms with Crippen LogP contribution in [-0.4, -0.2) is 36.6 Å². The van der Waals surface area contributed by atoms with Gasteiger partial charge in [-0.15, -0.1) is 0 Å². The molecule has 0 bridgehead atoms. The Morgan fingerprint density at radius 2 is 2.28 bits per heavy atom. The summed E-state index contributed by atoms with van der Waals surface area (Å²) in [4.78, 5) is 16.8. The van der Waals surface area contributed by atoms with Crippen molar-refractivity contribution in [3.63, 3.8) is 0 Å². The largest absolute Gasteiger partial charge is 0.351 e. The number of anilines is 1. The smallest absolute Gasteiger partial charge is 0.311 e. The Morgan fingerprint density at radius 1 is 1.56 bits per heavy atom. The Labute approximate surface area is 106 Å². The van der Waals surface area contributed by atoms with E-state index >= 15 is 0 Å². The first-order chi connectivity index (χ1) is 8.72. The molecule has 2 rings (SSSR count). The molecule has 6 heteroatoms. The van der Waals surface area contributed by atoms with Gasteiger partial charge >= 0.3 is 5.69 Å². The molecule has 0 saturated carbocycles. The van der Waals surface area contributed by atoms with Crippen LogP contribution < -0.4 is 10.2 Å². The highest BCUT2D eigenvalue weighted by atomic mass is 16.6. The summed E-state index contributed by atoms with van der Waals surface area (Å²) in [5.74, 6) is 1.17. The van der Waals surface area contributed by atoms with E-state index in [-0.39, 0.29) is 10.6 Å². The molecule has 0 spiro atoms. The third-order valence-electron chi connectivity index (χ3n) is 3.37. The number of aromatic nitrogens is 1. The van der Waals surface area contributed by atoms with Crippen LogP contribution in [-0.2, 0) is 0 Å². The summed E-state index contributed by atoms with van der Waals surface area (Å²) >= 11 is 0. The van der Waals surface area contributed by atoms with Gasteiger partial charge in [0.05, 0.1) is 4.92 Å². The van der Waals surface area contributed by atoms with Gasteiger partial charge in [0.15, 0.2) is 0 Å². The minimum Gasteiger partial charge on any atom is -0.351 e. The van der Waals surface area contributed by atoms with E-state index in [9.17, 15) is 10.1 Å². The monoisotopic (exact) mass is 250 g/mol. The van der Waals surface area contributed by atoms with Crippen molar-refractivity contribution in [1.29, 1.82) is 0 Å². The second kappa shape index (κ2) is 5.77. The fourth-order valence-corrected chi connectivity index (χ4v) is 2.41. The number of hydrogen-bond donors (Lipinski definition) is 1. The van der Waals surface area contributed by atoms with Crippen molar-refractivity contribution in [3.8, 4) is 0 Å². The summed E-state index contributed by atoms with van der Waals surface area (Å²) in [6.07, 6.45) is 3.71. The Morgan fingerprint density at radius 3 is 2.89 bits per heavy atom. The normalized spacial score (nSPS) is 16.8. The number of piperidine rings is 1. The summed E-state index contributed by atoms with van der Waals surface area (Å²) in [5, 5.41) is 14.1. The van der Waals surface area contributed by atoms with Crippen LogP contribution in [0.3, 0.4) is 0 Å². The van der Waals surface area contributed by atoms with Crippen LogP contribution in [0.25, 0.3) is 0 Å². The predicted molar refractivity (Wildman–Crippen MR) is 69.8 cm³/mol. The summed E-state index contributed by atoms with van der Waals surface area (Å²) in [7, 11) is 1.95. The van der Waals surface area contributed by atoms with Crippen molar-refractivity contribution in [1.82, 2.24) is 10.3 Å². The van der Waals surface area contributed by atoms with Gasteiger partial charge in [-0.1, -0.05) is 0 Å². The number of rotatable bonds is 4. The van der Waals surface area contributed by atoms with Crippen LogP contribution in [0.1, 0.15) is 12.8 Å². The molecule has 1 fully saturated rings. The quantitative estimate of drug-likeness (QED) is 0.646. The SMILES string of the molecule is CNCC1CCN(c2ncccc2[N+](=O)[O-])CC1. The molecule has 0 atom stereocenters. The van der Waals surface area contributed by atoms with Crippen molar-refractivity contribution < 1.29 is 4.92 Å². The molecule has 2 heterocycles. The standard InChI is InChI=1S/C12H18N4O2/c1-13-9-10-4-7-15(8-5-10)12-11(16(17)18)3-2-6-14-12/h2-3,6,10,13H,4-5,7-9H2,1H3. The molecule has 0 amide bonds. The molecule has 1 aromatic rings. The van der Waals surface area contributed by atoms with Gasteiger partial charge < -0.3 is 10.2 Å². The lowest BCUT2D eigenvalue weighted by molar-refractivity contribution is -0.384. The second-order valence-corrected chi connectivity index (χ2v) is 4.59. The third-order valence-corrected chi connectivity index (χ3v) is 3.37. The average Bonchev–Trinajstić information content (AvgIpc) is 2.40. The van der Waals surface area contributed by atoms with E-state index in [2.05, 4.69) is 10.3 Å². The van der Waals surface area contributed by atoms with E-state index < -0.39 is 0 Å². The molecule has 1 saturated heterocycles. The molecule has 1 aliphatic heterocycles. The lowest BCUT2D eigenvalue weighted by Crippen LogP contribution is -2.37. The summed E-state index contributed by atoms with van der Waals surface area (Å²) in [6, 6.07) is 3.12. The Balaban J connectivity index is 2.07. The summed E-state index contributed by atoms with van der Waals surface area (Å²) in [5.41, 5.74) is 0.101. The van der Waals surface area contributed by atoms with Gasteiger partial charge in [-0.2, -0.15) is 0 Å². The highest BCUT2D eigenvalue weighted by Gasteiger charge is 2.25. The van der Waals surface area contributed by atoms with E-state index in [1.165, 1.54) is 6.07 Å². The number of nitrogens with one attached hydrogen (secondary N) is 1. The minimum atomic E-state index is -0.359. The van der Waals surface area contributed by atoms with E-state index in [1.807, 2.05) is 11.9 Å². The number of nitro groups is 1. The van der Waals surface area contributed by atoms with E-state index in [0.29, 0.717) is 11.7 Å². The number of nitrogens with zero attached hydrogens (tertiary/aromatic N) is 3. The zero-order valence-corrected chi connectivity index (χ0v) is 10.5. The molecule has 1 N–H and O–H groups in total. The van der Waals surface area contributed by atoms with E-state index in [1.54, 1.807) is 12.3 Å². The first-order valence-electron chi connectivity index (χ1n) is 6.21. The molecule has 98 valence electrons. The lowest BCUT2D eigenvalue weighted by atomic mass is 9.97. The van der Waals surface area contributed by atoms with Crippen molar-refractivity contribution in [2.75, 3.05) is 31.6 Å². The van der Waals surface area contributed by atoms with Crippen molar-refractivity contribution in [2.24, 2.45) is 5.92 Å². The molecule has 1 aliphatic rings. The Kier molecular flexibility index (Phi) is 4.09. The second-order valence-electron chi connectivity index (χ2n) is 4.59. The van der Waals surface area contributed by atoms with Gasteiger partial charge in [0.1, 0.15) is 0 Å². The van der Waals surface area contributed by atoms with Crippen molar-refractivity contribution in [2.45, 2.75) is 12.8 Å². The van der Waals surface area contributed by atoms with Gasteiger partial charge in [-0.25, -0.2) is 4.98 Å². The molecule has 6 nitrogen and oxygen atoms in total. The van der Waals surface area contributed by atoms with Crippen LogP contribution in [0.2, 0.25) is 0 Å². The molecule has 0 unspecified atom stereocenters. The maximum atomic E-state index is 11.0. The highest BCUT2D eigenvalue weighted by molar-refractivity contribution is 5.57. The first kappa shape index (κ1) is 12.8. The third kappa shape index (κ3) is 2.76. The van der Waals surface area contributed by atoms with Gasteiger partial charge in [0.25, 0.3) is 0 Å². The van der Waals surface area contributed by atoms with Gasteiger partial charge in [-0.05, 0) is 38.4 Å². The van der Waals surface area contributed by atoms with E-state index in [4.69, 9.17) is 0 Å². The van der Waals surface area contributed by atoms with Crippen molar-refractivity contribution in [3.05, 3.63) is 28.4 Å². The molecular weight excluding hydrogens is 232 g/mol. The highest BCUT2D eigenvalue weighted by Crippen LogP contribution is 2.28. The first-order valence-corrected chi connectivity index (χ1v) is 6.21. The van der Waals surface area contributed by atoms with Crippen LogP contribution in [0, 0.1) is 16.0 Å². The number of hydrogen-bond acceptors (Lipinski definition) is 5. The Hall–Kier alpha value is -1.69. The van der Waals surface area contributed by atoms with Crippen molar-refractivity contribution >= 4 is 11.5 Å². The molecule has 0 radical (unpaired) electrons. The fraction of sp³-hybridized carbons (Fsp3) is 0.583. The summed E-state index contributed by atoms with van der Waals surface area (Å²) < 4.78 is 0. The van der Waals surface area contributed by atoms with Crippen LogP contribution >= 0.6 is 0 Å². The molecule has 1 aromatic heterocycles. The minimum absolute atomic E-state index is 0.101. The Bertz CT molecular complexity index is 416. The molecule has 18 heavy (non-hydrogen) atoms. The molecule has 0 aromatic carbocycles. The molecule has 0 aliphatic carbocycles.